The maximum atomic E-state index is 10.9. The highest BCUT2D eigenvalue weighted by Gasteiger charge is 2.14. The molecule has 0 atom stereocenters. The minimum Gasteiger partial charge on any atom is -0.356 e. The second kappa shape index (κ2) is 5.21. The number of halogens is 3. The molecule has 2 rings (SSSR count). The van der Waals surface area contributed by atoms with E-state index in [1.165, 1.54) is 6.07 Å². The van der Waals surface area contributed by atoms with Crippen molar-refractivity contribution in [3.63, 3.8) is 0 Å². The summed E-state index contributed by atoms with van der Waals surface area (Å²) in [6, 6.07) is 6.74. The van der Waals surface area contributed by atoms with Gasteiger partial charge in [0.25, 0.3) is 0 Å². The van der Waals surface area contributed by atoms with Gasteiger partial charge in [0.1, 0.15) is 11.4 Å². The van der Waals surface area contributed by atoms with E-state index < -0.39 is 9.05 Å². The first-order chi connectivity index (χ1) is 8.35. The first kappa shape index (κ1) is 13.9. The summed E-state index contributed by atoms with van der Waals surface area (Å²) in [5.74, 6) is 0.00876. The van der Waals surface area contributed by atoms with E-state index in [9.17, 15) is 8.42 Å². The van der Waals surface area contributed by atoms with E-state index in [1.807, 2.05) is 0 Å². The summed E-state index contributed by atoms with van der Waals surface area (Å²) in [5.41, 5.74) is 0.865. The number of aromatic nitrogens is 1. The monoisotopic (exact) mass is 369 g/mol. The first-order valence-corrected chi connectivity index (χ1v) is 8.33. The second-order valence-corrected chi connectivity index (χ2v) is 7.59. The lowest BCUT2D eigenvalue weighted by molar-refractivity contribution is 0.426. The predicted octanol–water partition coefficient (Wildman–Crippen LogP) is 3.83. The van der Waals surface area contributed by atoms with Crippen LogP contribution in [0.1, 0.15) is 5.69 Å². The molecular formula is C10H6BrCl2NO3S. The van der Waals surface area contributed by atoms with Crippen LogP contribution in [0.2, 0.25) is 5.02 Å². The Morgan fingerprint density at radius 1 is 1.33 bits per heavy atom. The smallest absolute Gasteiger partial charge is 0.238 e. The standard InChI is InChI=1S/C10H6BrCl2NO3S/c11-6-1-2-8(9(12)3-6)10-4-7(14-17-10)5-18(13,15)16/h1-4H,5H2. The number of benzene rings is 1. The van der Waals surface area contributed by atoms with Gasteiger partial charge in [0.15, 0.2) is 5.76 Å². The van der Waals surface area contributed by atoms with E-state index in [0.29, 0.717) is 16.3 Å². The molecule has 0 saturated heterocycles. The summed E-state index contributed by atoms with van der Waals surface area (Å²) in [6.45, 7) is 0. The Morgan fingerprint density at radius 3 is 2.67 bits per heavy atom. The van der Waals surface area contributed by atoms with Crippen molar-refractivity contribution >= 4 is 47.3 Å². The number of rotatable bonds is 3. The van der Waals surface area contributed by atoms with Crippen LogP contribution in [0.3, 0.4) is 0 Å². The molecule has 96 valence electrons. The molecule has 0 spiro atoms. The van der Waals surface area contributed by atoms with Gasteiger partial charge in [-0.3, -0.25) is 0 Å². The van der Waals surface area contributed by atoms with Crippen molar-refractivity contribution in [2.45, 2.75) is 5.75 Å². The first-order valence-electron chi connectivity index (χ1n) is 4.68. The Balaban J connectivity index is 2.35. The Morgan fingerprint density at radius 2 is 2.06 bits per heavy atom. The fourth-order valence-corrected chi connectivity index (χ4v) is 2.96. The lowest BCUT2D eigenvalue weighted by Gasteiger charge is -1.99. The van der Waals surface area contributed by atoms with Crippen LogP contribution in [-0.2, 0) is 14.8 Å². The average Bonchev–Trinajstić information content (AvgIpc) is 2.63. The van der Waals surface area contributed by atoms with Gasteiger partial charge in [-0.1, -0.05) is 32.7 Å². The van der Waals surface area contributed by atoms with E-state index in [2.05, 4.69) is 21.1 Å². The maximum Gasteiger partial charge on any atom is 0.238 e. The van der Waals surface area contributed by atoms with Crippen molar-refractivity contribution in [3.8, 4) is 11.3 Å². The van der Waals surface area contributed by atoms with Gasteiger partial charge in [-0.05, 0) is 18.2 Å². The van der Waals surface area contributed by atoms with Crippen LogP contribution in [0.15, 0.2) is 33.3 Å². The second-order valence-electron chi connectivity index (χ2n) is 3.49. The molecule has 1 heterocycles. The molecule has 0 N–H and O–H groups in total. The fraction of sp³-hybridized carbons (Fsp3) is 0.100. The topological polar surface area (TPSA) is 60.2 Å². The van der Waals surface area contributed by atoms with Crippen LogP contribution >= 0.6 is 38.2 Å². The van der Waals surface area contributed by atoms with E-state index in [-0.39, 0.29) is 11.4 Å². The van der Waals surface area contributed by atoms with Gasteiger partial charge in [0, 0.05) is 26.8 Å². The van der Waals surface area contributed by atoms with Crippen LogP contribution in [0.25, 0.3) is 11.3 Å². The zero-order valence-corrected chi connectivity index (χ0v) is 12.6. The van der Waals surface area contributed by atoms with Crippen LogP contribution in [0, 0.1) is 0 Å². The molecule has 0 radical (unpaired) electrons. The highest BCUT2D eigenvalue weighted by atomic mass is 79.9. The third kappa shape index (κ3) is 3.47. The highest BCUT2D eigenvalue weighted by molar-refractivity contribution is 9.10. The molecule has 1 aromatic heterocycles. The van der Waals surface area contributed by atoms with Crippen LogP contribution in [-0.4, -0.2) is 13.6 Å². The summed E-state index contributed by atoms with van der Waals surface area (Å²) >= 11 is 9.33. The summed E-state index contributed by atoms with van der Waals surface area (Å²) in [6.07, 6.45) is 0. The van der Waals surface area contributed by atoms with Gasteiger partial charge in [-0.2, -0.15) is 0 Å². The van der Waals surface area contributed by atoms with Gasteiger partial charge >= 0.3 is 0 Å². The molecule has 8 heteroatoms. The molecule has 0 aliphatic rings. The number of hydrogen-bond donors (Lipinski definition) is 0. The predicted molar refractivity (Wildman–Crippen MR) is 73.1 cm³/mol. The quantitative estimate of drug-likeness (QED) is 0.770. The summed E-state index contributed by atoms with van der Waals surface area (Å²) in [7, 11) is 1.48. The zero-order chi connectivity index (χ0) is 13.3. The van der Waals surface area contributed by atoms with Gasteiger partial charge in [-0.25, -0.2) is 8.42 Å². The van der Waals surface area contributed by atoms with Crippen LogP contribution in [0.4, 0.5) is 0 Å². The van der Waals surface area contributed by atoms with Crippen molar-refractivity contribution in [1.29, 1.82) is 0 Å². The fourth-order valence-electron chi connectivity index (χ4n) is 1.37. The summed E-state index contributed by atoms with van der Waals surface area (Å²) in [4.78, 5) is 0. The van der Waals surface area contributed by atoms with Gasteiger partial charge in [0.2, 0.25) is 9.05 Å². The van der Waals surface area contributed by atoms with Gasteiger partial charge in [0.05, 0.1) is 5.02 Å². The average molecular weight is 371 g/mol. The van der Waals surface area contributed by atoms with Crippen molar-refractivity contribution in [2.24, 2.45) is 0 Å². The third-order valence-corrected chi connectivity index (χ3v) is 3.85. The summed E-state index contributed by atoms with van der Waals surface area (Å²) < 4.78 is 27.7. The van der Waals surface area contributed by atoms with Crippen molar-refractivity contribution in [1.82, 2.24) is 5.16 Å². The Kier molecular flexibility index (Phi) is 4.01. The molecule has 0 bridgehead atoms. The number of nitrogens with zero attached hydrogens (tertiary/aromatic N) is 1. The van der Waals surface area contributed by atoms with Gasteiger partial charge in [-0.15, -0.1) is 0 Å². The van der Waals surface area contributed by atoms with Crippen molar-refractivity contribution in [3.05, 3.63) is 39.5 Å². The highest BCUT2D eigenvalue weighted by Crippen LogP contribution is 2.31. The maximum absolute atomic E-state index is 10.9. The van der Waals surface area contributed by atoms with Crippen molar-refractivity contribution in [2.75, 3.05) is 0 Å². The molecular weight excluding hydrogens is 365 g/mol. The third-order valence-electron chi connectivity index (χ3n) is 2.08. The zero-order valence-electron chi connectivity index (χ0n) is 8.73. The van der Waals surface area contributed by atoms with E-state index in [0.717, 1.165) is 4.47 Å². The molecule has 4 nitrogen and oxygen atoms in total. The van der Waals surface area contributed by atoms with E-state index in [1.54, 1.807) is 18.2 Å². The van der Waals surface area contributed by atoms with E-state index >= 15 is 0 Å². The van der Waals surface area contributed by atoms with Crippen molar-refractivity contribution < 1.29 is 12.9 Å². The minimum absolute atomic E-state index is 0.235. The molecule has 0 aliphatic carbocycles. The lowest BCUT2D eigenvalue weighted by Crippen LogP contribution is -1.94. The summed E-state index contributed by atoms with van der Waals surface area (Å²) in [5, 5.41) is 4.11. The molecule has 0 unspecified atom stereocenters. The van der Waals surface area contributed by atoms with Crippen LogP contribution in [0.5, 0.6) is 0 Å². The molecule has 1 aromatic carbocycles. The number of hydrogen-bond acceptors (Lipinski definition) is 4. The van der Waals surface area contributed by atoms with E-state index in [4.69, 9.17) is 26.8 Å². The Bertz CT molecular complexity index is 684. The van der Waals surface area contributed by atoms with Gasteiger partial charge < -0.3 is 4.52 Å². The Hall–Kier alpha value is -0.560. The molecule has 2 aromatic rings. The molecule has 0 aliphatic heterocycles. The molecule has 0 saturated carbocycles. The molecule has 0 fully saturated rings. The minimum atomic E-state index is -3.65. The molecule has 18 heavy (non-hydrogen) atoms. The SMILES string of the molecule is O=S(=O)(Cl)Cc1cc(-c2ccc(Br)cc2Cl)on1. The van der Waals surface area contributed by atoms with Crippen LogP contribution < -0.4 is 0 Å². The molecule has 0 amide bonds. The normalized spacial score (nSPS) is 11.7. The Labute approximate surface area is 121 Å². The lowest BCUT2D eigenvalue weighted by atomic mass is 10.1. The largest absolute Gasteiger partial charge is 0.356 e.